The largest absolute Gasteiger partial charge is 0.391 e. The fourth-order valence-corrected chi connectivity index (χ4v) is 3.44. The number of aliphatic hydroxyl groups excluding tert-OH is 1. The van der Waals surface area contributed by atoms with Crippen molar-refractivity contribution < 1.29 is 9.90 Å². The van der Waals surface area contributed by atoms with E-state index in [1.54, 1.807) is 6.20 Å². The maximum absolute atomic E-state index is 12.4. The first-order valence-corrected chi connectivity index (χ1v) is 8.40. The van der Waals surface area contributed by atoms with Gasteiger partial charge in [-0.2, -0.15) is 5.10 Å². The van der Waals surface area contributed by atoms with E-state index in [9.17, 15) is 9.90 Å². The monoisotopic (exact) mass is 319 g/mol. The molecule has 0 unspecified atom stereocenters. The molecule has 1 aliphatic carbocycles. The van der Waals surface area contributed by atoms with E-state index in [0.717, 1.165) is 38.2 Å². The number of aliphatic hydroxyl groups is 1. The third-order valence-corrected chi connectivity index (χ3v) is 4.96. The predicted octanol–water partition coefficient (Wildman–Crippen LogP) is 0.0499. The summed E-state index contributed by atoms with van der Waals surface area (Å²) in [5, 5.41) is 21.0. The minimum Gasteiger partial charge on any atom is -0.391 e. The van der Waals surface area contributed by atoms with Crippen LogP contribution in [0.1, 0.15) is 32.1 Å². The molecule has 1 saturated heterocycles. The van der Waals surface area contributed by atoms with Gasteiger partial charge in [-0.15, -0.1) is 5.10 Å². The van der Waals surface area contributed by atoms with Gasteiger partial charge in [0, 0.05) is 37.3 Å². The van der Waals surface area contributed by atoms with Crippen molar-refractivity contribution in [1.29, 1.82) is 0 Å². The van der Waals surface area contributed by atoms with E-state index < -0.39 is 6.10 Å². The van der Waals surface area contributed by atoms with Gasteiger partial charge in [0.05, 0.1) is 6.10 Å². The van der Waals surface area contributed by atoms with E-state index >= 15 is 0 Å². The molecule has 1 aliphatic heterocycles. The lowest BCUT2D eigenvalue weighted by Gasteiger charge is -2.35. The van der Waals surface area contributed by atoms with E-state index in [-0.39, 0.29) is 23.9 Å². The fraction of sp³-hybridized carbons (Fsp3) is 0.688. The van der Waals surface area contributed by atoms with Gasteiger partial charge in [0.15, 0.2) is 5.82 Å². The first-order chi connectivity index (χ1) is 11.1. The van der Waals surface area contributed by atoms with Crippen LogP contribution in [0.3, 0.4) is 0 Å². The molecule has 0 spiro atoms. The number of aromatic nitrogens is 2. The van der Waals surface area contributed by atoms with Crippen molar-refractivity contribution in [3.63, 3.8) is 0 Å². The van der Waals surface area contributed by atoms with Crippen molar-refractivity contribution in [3.05, 3.63) is 18.3 Å². The summed E-state index contributed by atoms with van der Waals surface area (Å²) in [4.78, 5) is 14.6. The van der Waals surface area contributed by atoms with Crippen LogP contribution in [0.2, 0.25) is 0 Å². The van der Waals surface area contributed by atoms with Crippen LogP contribution in [0.4, 0.5) is 5.82 Å². The molecule has 2 heterocycles. The molecule has 1 saturated carbocycles. The Morgan fingerprint density at radius 2 is 2.09 bits per heavy atom. The second-order valence-corrected chi connectivity index (χ2v) is 6.59. The summed E-state index contributed by atoms with van der Waals surface area (Å²) in [5.74, 6) is 0.846. The van der Waals surface area contributed by atoms with Crippen LogP contribution in [0.15, 0.2) is 18.3 Å². The van der Waals surface area contributed by atoms with Gasteiger partial charge in [-0.05, 0) is 44.2 Å². The molecule has 23 heavy (non-hydrogen) atoms. The number of piperidine rings is 1. The Kier molecular flexibility index (Phi) is 5.07. The second kappa shape index (κ2) is 7.23. The van der Waals surface area contributed by atoms with Gasteiger partial charge in [0.25, 0.3) is 0 Å². The molecule has 3 rings (SSSR count). The molecule has 2 aliphatic rings. The molecular weight excluding hydrogens is 294 g/mol. The molecule has 1 aromatic heterocycles. The van der Waals surface area contributed by atoms with Crippen molar-refractivity contribution in [1.82, 2.24) is 15.5 Å². The number of carbonyl (C=O) groups excluding carboxylic acids is 1. The van der Waals surface area contributed by atoms with Crippen molar-refractivity contribution in [2.24, 2.45) is 11.7 Å². The van der Waals surface area contributed by atoms with Gasteiger partial charge < -0.3 is 21.1 Å². The maximum atomic E-state index is 12.4. The summed E-state index contributed by atoms with van der Waals surface area (Å²) < 4.78 is 0. The Labute approximate surface area is 136 Å². The Morgan fingerprint density at radius 1 is 1.30 bits per heavy atom. The van der Waals surface area contributed by atoms with Gasteiger partial charge in [-0.25, -0.2) is 0 Å². The average Bonchev–Trinajstić information content (AvgIpc) is 2.59. The first-order valence-electron chi connectivity index (χ1n) is 8.40. The molecule has 0 aromatic carbocycles. The van der Waals surface area contributed by atoms with Crippen LogP contribution in [0, 0.1) is 5.92 Å². The molecule has 0 radical (unpaired) electrons. The van der Waals surface area contributed by atoms with E-state index in [4.69, 9.17) is 5.73 Å². The third kappa shape index (κ3) is 3.97. The quantitative estimate of drug-likeness (QED) is 0.727. The highest BCUT2D eigenvalue weighted by Gasteiger charge is 2.32. The van der Waals surface area contributed by atoms with Gasteiger partial charge in [0.2, 0.25) is 5.91 Å². The Morgan fingerprint density at radius 3 is 2.74 bits per heavy atom. The smallest absolute Gasteiger partial charge is 0.223 e. The van der Waals surface area contributed by atoms with E-state index in [1.165, 1.54) is 0 Å². The molecule has 2 fully saturated rings. The van der Waals surface area contributed by atoms with Crippen LogP contribution in [-0.4, -0.2) is 52.5 Å². The molecule has 7 heteroatoms. The summed E-state index contributed by atoms with van der Waals surface area (Å²) in [6.45, 7) is 1.73. The number of amides is 1. The number of anilines is 1. The number of hydrogen-bond acceptors (Lipinski definition) is 6. The normalized spacial score (nSPS) is 29.3. The molecule has 0 bridgehead atoms. The zero-order chi connectivity index (χ0) is 16.2. The highest BCUT2D eigenvalue weighted by molar-refractivity contribution is 5.79. The summed E-state index contributed by atoms with van der Waals surface area (Å²) >= 11 is 0. The standard InChI is InChI=1S/C16H25N5O2/c17-13-4-3-11(10-14(13)22)16(23)19-12-5-8-21(9-6-12)15-2-1-7-18-20-15/h1-2,7,11-14,22H,3-6,8-10,17H2,(H,19,23)/t11-,13+,14+/m0/s1. The topological polar surface area (TPSA) is 104 Å². The minimum absolute atomic E-state index is 0.0638. The number of nitrogens with zero attached hydrogens (tertiary/aromatic N) is 3. The number of nitrogens with two attached hydrogens (primary N) is 1. The molecule has 1 amide bonds. The molecule has 3 atom stereocenters. The van der Waals surface area contributed by atoms with Gasteiger partial charge in [0.1, 0.15) is 0 Å². The molecule has 4 N–H and O–H groups in total. The molecule has 7 nitrogen and oxygen atoms in total. The Balaban J connectivity index is 1.46. The van der Waals surface area contributed by atoms with Crippen molar-refractivity contribution in [3.8, 4) is 0 Å². The van der Waals surface area contributed by atoms with Crippen LogP contribution in [0.5, 0.6) is 0 Å². The molecule has 1 aromatic rings. The van der Waals surface area contributed by atoms with E-state index in [0.29, 0.717) is 12.8 Å². The van der Waals surface area contributed by atoms with Crippen LogP contribution in [-0.2, 0) is 4.79 Å². The maximum Gasteiger partial charge on any atom is 0.223 e. The van der Waals surface area contributed by atoms with E-state index in [1.807, 2.05) is 12.1 Å². The van der Waals surface area contributed by atoms with Crippen LogP contribution < -0.4 is 16.0 Å². The van der Waals surface area contributed by atoms with Crippen LogP contribution >= 0.6 is 0 Å². The summed E-state index contributed by atoms with van der Waals surface area (Å²) in [7, 11) is 0. The minimum atomic E-state index is -0.557. The summed E-state index contributed by atoms with van der Waals surface area (Å²) in [6.07, 6.45) is 4.87. The van der Waals surface area contributed by atoms with Gasteiger partial charge in [-0.3, -0.25) is 4.79 Å². The molecular formula is C16H25N5O2. The highest BCUT2D eigenvalue weighted by Crippen LogP contribution is 2.24. The van der Waals surface area contributed by atoms with Crippen molar-refractivity contribution in [2.75, 3.05) is 18.0 Å². The van der Waals surface area contributed by atoms with Crippen LogP contribution in [0.25, 0.3) is 0 Å². The predicted molar refractivity (Wildman–Crippen MR) is 86.7 cm³/mol. The third-order valence-electron chi connectivity index (χ3n) is 4.96. The Hall–Kier alpha value is -1.73. The summed E-state index contributed by atoms with van der Waals surface area (Å²) in [5.41, 5.74) is 5.80. The van der Waals surface area contributed by atoms with Gasteiger partial charge in [-0.1, -0.05) is 0 Å². The lowest BCUT2D eigenvalue weighted by atomic mass is 9.83. The first kappa shape index (κ1) is 16.1. The van der Waals surface area contributed by atoms with Crippen molar-refractivity contribution in [2.45, 2.75) is 50.3 Å². The average molecular weight is 319 g/mol. The van der Waals surface area contributed by atoms with E-state index in [2.05, 4.69) is 20.4 Å². The zero-order valence-corrected chi connectivity index (χ0v) is 13.3. The lowest BCUT2D eigenvalue weighted by molar-refractivity contribution is -0.128. The number of hydrogen-bond donors (Lipinski definition) is 3. The fourth-order valence-electron chi connectivity index (χ4n) is 3.44. The SMILES string of the molecule is N[C@@H]1CC[C@H](C(=O)NC2CCN(c3cccnn3)CC2)C[C@H]1O. The number of rotatable bonds is 3. The molecule has 126 valence electrons. The zero-order valence-electron chi connectivity index (χ0n) is 13.3. The van der Waals surface area contributed by atoms with Gasteiger partial charge >= 0.3 is 0 Å². The highest BCUT2D eigenvalue weighted by atomic mass is 16.3. The lowest BCUT2D eigenvalue weighted by Crippen LogP contribution is -2.49. The number of nitrogens with one attached hydrogen (secondary N) is 1. The van der Waals surface area contributed by atoms with Crippen molar-refractivity contribution >= 4 is 11.7 Å². The number of carbonyl (C=O) groups is 1. The summed E-state index contributed by atoms with van der Waals surface area (Å²) in [6, 6.07) is 3.85. The second-order valence-electron chi connectivity index (χ2n) is 6.59. The Bertz CT molecular complexity index is 518.